The summed E-state index contributed by atoms with van der Waals surface area (Å²) in [7, 11) is 0. The van der Waals surface area contributed by atoms with E-state index in [0.29, 0.717) is 13.1 Å². The van der Waals surface area contributed by atoms with Crippen molar-refractivity contribution >= 4 is 5.91 Å². The molecule has 2 aromatic rings. The molecule has 8 N–H and O–H groups in total. The number of hydrogen-bond donors (Lipinski definition) is 5. The number of aliphatic hydroxyl groups excluding tert-OH is 1. The van der Waals surface area contributed by atoms with Crippen molar-refractivity contribution in [2.75, 3.05) is 19.7 Å². The Morgan fingerprint density at radius 1 is 1.16 bits per heavy atom. The Bertz CT molecular complexity index is 944. The van der Waals surface area contributed by atoms with Gasteiger partial charge < -0.3 is 26.9 Å². The number of quaternary nitrogens is 1. The van der Waals surface area contributed by atoms with E-state index < -0.39 is 5.92 Å². The summed E-state index contributed by atoms with van der Waals surface area (Å²) >= 11 is 0. The Balaban J connectivity index is 1.46. The number of aliphatic hydroxyl groups is 1. The predicted octanol–water partition coefficient (Wildman–Crippen LogP) is 0.728. The minimum Gasteiger partial charge on any atom is -0.395 e. The summed E-state index contributed by atoms with van der Waals surface area (Å²) in [6, 6.07) is 17.9. The van der Waals surface area contributed by atoms with Crippen molar-refractivity contribution in [3.8, 4) is 0 Å². The number of rotatable bonds is 7. The Kier molecular flexibility index (Phi) is 6.38. The fourth-order valence-electron chi connectivity index (χ4n) is 4.39. The first-order chi connectivity index (χ1) is 15.0. The highest BCUT2D eigenvalue weighted by Crippen LogP contribution is 2.34. The zero-order chi connectivity index (χ0) is 22.0. The molecule has 2 aromatic carbocycles. The van der Waals surface area contributed by atoms with E-state index >= 15 is 0 Å². The average molecular weight is 423 g/mol. The summed E-state index contributed by atoms with van der Waals surface area (Å²) in [5, 5.41) is 9.87. The number of nitrogens with one attached hydrogen (secondary N) is 2. The summed E-state index contributed by atoms with van der Waals surface area (Å²) in [6.07, 6.45) is 0.939. The van der Waals surface area contributed by atoms with Crippen molar-refractivity contribution in [3.63, 3.8) is 0 Å². The molecule has 4 atom stereocenters. The van der Waals surface area contributed by atoms with Crippen LogP contribution in [0.25, 0.3) is 0 Å². The first-order valence-electron chi connectivity index (χ1n) is 10.9. The molecule has 7 nitrogen and oxygen atoms in total. The number of carbonyl (C=O) groups excluding carboxylic acids is 1. The molecule has 0 aromatic heterocycles. The molecule has 2 aliphatic rings. The van der Waals surface area contributed by atoms with E-state index in [1.807, 2.05) is 35.2 Å². The van der Waals surface area contributed by atoms with E-state index in [0.717, 1.165) is 28.8 Å². The molecule has 1 amide bonds. The number of amides is 1. The number of nitrogens with two attached hydrogens (primary N) is 1. The largest absolute Gasteiger partial charge is 0.395 e. The SMILES string of the molecule is CCC([NH3+])C(N)c1ccc(C2NNC3=C2CN(C(=O)C(CO)c2ccccc2)C3)cc1. The smallest absolute Gasteiger partial charge is 0.233 e. The zero-order valence-electron chi connectivity index (χ0n) is 17.9. The summed E-state index contributed by atoms with van der Waals surface area (Å²) in [6.45, 7) is 2.95. The topological polar surface area (TPSA) is 118 Å². The lowest BCUT2D eigenvalue weighted by atomic mass is 9.94. The monoisotopic (exact) mass is 422 g/mol. The number of benzene rings is 2. The summed E-state index contributed by atoms with van der Waals surface area (Å²) < 4.78 is 0. The molecule has 0 saturated heterocycles. The molecule has 2 heterocycles. The Morgan fingerprint density at radius 3 is 2.52 bits per heavy atom. The molecular weight excluding hydrogens is 390 g/mol. The van der Waals surface area contributed by atoms with Crippen molar-refractivity contribution < 1.29 is 15.6 Å². The third kappa shape index (κ3) is 4.22. The summed E-state index contributed by atoms with van der Waals surface area (Å²) in [5.74, 6) is -0.589. The van der Waals surface area contributed by atoms with Crippen LogP contribution in [0.5, 0.6) is 0 Å². The van der Waals surface area contributed by atoms with Crippen molar-refractivity contribution in [1.29, 1.82) is 0 Å². The quantitative estimate of drug-likeness (QED) is 0.451. The number of hydrazine groups is 1. The van der Waals surface area contributed by atoms with Gasteiger partial charge in [-0.15, -0.1) is 0 Å². The number of hydrogen-bond acceptors (Lipinski definition) is 5. The molecule has 0 fully saturated rings. The first kappa shape index (κ1) is 21.5. The molecule has 0 spiro atoms. The molecule has 7 heteroatoms. The van der Waals surface area contributed by atoms with Crippen LogP contribution in [0.15, 0.2) is 65.9 Å². The van der Waals surface area contributed by atoms with Gasteiger partial charge >= 0.3 is 0 Å². The van der Waals surface area contributed by atoms with Crippen LogP contribution >= 0.6 is 0 Å². The van der Waals surface area contributed by atoms with Crippen molar-refractivity contribution in [2.45, 2.75) is 37.4 Å². The maximum Gasteiger partial charge on any atom is 0.233 e. The van der Waals surface area contributed by atoms with Crippen LogP contribution in [0.2, 0.25) is 0 Å². The van der Waals surface area contributed by atoms with Gasteiger partial charge in [0.15, 0.2) is 0 Å². The van der Waals surface area contributed by atoms with Gasteiger partial charge in [-0.05, 0) is 28.7 Å². The van der Waals surface area contributed by atoms with Gasteiger partial charge in [0, 0.05) is 12.2 Å². The standard InChI is InChI=1S/C24H31N5O2/c1-2-20(25)22(26)16-8-10-17(11-9-16)23-18-12-29(13-21(18)27-28-23)24(31)19(14-30)15-6-4-3-5-7-15/h3-11,19-20,22-23,27-28,30H,2,12-14,25-26H2,1H3/p+1. The molecule has 0 bridgehead atoms. The summed E-state index contributed by atoms with van der Waals surface area (Å²) in [5.41, 5.74) is 22.3. The van der Waals surface area contributed by atoms with Crippen molar-refractivity contribution in [3.05, 3.63) is 82.6 Å². The molecule has 31 heavy (non-hydrogen) atoms. The Morgan fingerprint density at radius 2 is 1.87 bits per heavy atom. The van der Waals surface area contributed by atoms with Crippen molar-refractivity contribution in [1.82, 2.24) is 15.8 Å². The third-order valence-corrected chi connectivity index (χ3v) is 6.49. The highest BCUT2D eigenvalue weighted by molar-refractivity contribution is 5.85. The predicted molar refractivity (Wildman–Crippen MR) is 119 cm³/mol. The lowest BCUT2D eigenvalue weighted by Gasteiger charge is -2.25. The fourth-order valence-corrected chi connectivity index (χ4v) is 4.39. The van der Waals surface area contributed by atoms with E-state index in [1.54, 1.807) is 0 Å². The van der Waals surface area contributed by atoms with E-state index in [4.69, 9.17) is 5.73 Å². The zero-order valence-corrected chi connectivity index (χ0v) is 17.9. The van der Waals surface area contributed by atoms with Gasteiger partial charge in [-0.1, -0.05) is 61.5 Å². The minimum absolute atomic E-state index is 0.00380. The lowest BCUT2D eigenvalue weighted by Crippen LogP contribution is -2.64. The second kappa shape index (κ2) is 9.20. The Hall–Kier alpha value is -2.71. The maximum absolute atomic E-state index is 13.1. The molecular formula is C24H32N5O2+. The van der Waals surface area contributed by atoms with Crippen LogP contribution < -0.4 is 22.3 Å². The molecule has 0 aliphatic carbocycles. The second-order valence-electron chi connectivity index (χ2n) is 8.41. The normalized spacial score (nSPS) is 20.9. The van der Waals surface area contributed by atoms with Gasteiger partial charge in [0.25, 0.3) is 0 Å². The molecule has 2 aliphatic heterocycles. The maximum atomic E-state index is 13.1. The lowest BCUT2D eigenvalue weighted by molar-refractivity contribution is -0.426. The van der Waals surface area contributed by atoms with Crippen LogP contribution in [0.1, 0.15) is 48.0 Å². The number of nitrogens with zero attached hydrogens (tertiary/aromatic N) is 1. The second-order valence-corrected chi connectivity index (χ2v) is 8.41. The highest BCUT2D eigenvalue weighted by Gasteiger charge is 2.37. The van der Waals surface area contributed by atoms with Gasteiger partial charge in [0.2, 0.25) is 5.91 Å². The Labute approximate surface area is 183 Å². The van der Waals surface area contributed by atoms with Gasteiger partial charge in [-0.3, -0.25) is 4.79 Å². The van der Waals surface area contributed by atoms with E-state index in [9.17, 15) is 9.90 Å². The van der Waals surface area contributed by atoms with E-state index in [2.05, 4.69) is 47.8 Å². The van der Waals surface area contributed by atoms with Crippen LogP contribution in [0, 0.1) is 0 Å². The summed E-state index contributed by atoms with van der Waals surface area (Å²) in [4.78, 5) is 15.0. The number of carbonyl (C=O) groups is 1. The fraction of sp³-hybridized carbons (Fsp3) is 0.375. The van der Waals surface area contributed by atoms with Gasteiger partial charge in [0.05, 0.1) is 31.2 Å². The van der Waals surface area contributed by atoms with Crippen LogP contribution in [0.4, 0.5) is 0 Å². The van der Waals surface area contributed by atoms with Gasteiger partial charge in [0.1, 0.15) is 6.04 Å². The minimum atomic E-state index is -0.539. The van der Waals surface area contributed by atoms with Crippen LogP contribution in [-0.4, -0.2) is 41.7 Å². The van der Waals surface area contributed by atoms with Gasteiger partial charge in [-0.25, -0.2) is 5.43 Å². The van der Waals surface area contributed by atoms with E-state index in [-0.39, 0.29) is 30.6 Å². The average Bonchev–Trinajstić information content (AvgIpc) is 3.40. The van der Waals surface area contributed by atoms with Crippen molar-refractivity contribution in [2.24, 2.45) is 5.73 Å². The van der Waals surface area contributed by atoms with Gasteiger partial charge in [-0.2, -0.15) is 0 Å². The highest BCUT2D eigenvalue weighted by atomic mass is 16.3. The third-order valence-electron chi connectivity index (χ3n) is 6.49. The first-order valence-corrected chi connectivity index (χ1v) is 10.9. The van der Waals surface area contributed by atoms with Crippen LogP contribution in [0.3, 0.4) is 0 Å². The molecule has 0 radical (unpaired) electrons. The molecule has 4 rings (SSSR count). The van der Waals surface area contributed by atoms with E-state index in [1.165, 1.54) is 5.57 Å². The van der Waals surface area contributed by atoms with Crippen LogP contribution in [-0.2, 0) is 4.79 Å². The molecule has 4 unspecified atom stereocenters. The molecule has 0 saturated carbocycles. The molecule has 164 valence electrons.